The SMILES string of the molecule is N#[N+]c1ccc(N2CCCC2)c(Oc2ccccc2)c1. The summed E-state index contributed by atoms with van der Waals surface area (Å²) < 4.78 is 5.95. The highest BCUT2D eigenvalue weighted by molar-refractivity contribution is 5.66. The van der Waals surface area contributed by atoms with Crippen LogP contribution in [0, 0.1) is 5.39 Å². The van der Waals surface area contributed by atoms with Crippen molar-refractivity contribution in [1.82, 2.24) is 0 Å². The number of ether oxygens (including phenoxy) is 1. The number of benzene rings is 2. The van der Waals surface area contributed by atoms with Gasteiger partial charge in [0.1, 0.15) is 5.75 Å². The van der Waals surface area contributed by atoms with Crippen LogP contribution in [-0.2, 0) is 0 Å². The van der Waals surface area contributed by atoms with Crippen molar-refractivity contribution in [3.05, 3.63) is 53.5 Å². The van der Waals surface area contributed by atoms with E-state index in [-0.39, 0.29) is 0 Å². The molecule has 0 unspecified atom stereocenters. The number of hydrogen-bond acceptors (Lipinski definition) is 3. The minimum atomic E-state index is 0.499. The molecule has 1 fully saturated rings. The number of diazo groups is 1. The van der Waals surface area contributed by atoms with Crippen LogP contribution in [0.1, 0.15) is 12.8 Å². The molecule has 4 heteroatoms. The average Bonchev–Trinajstić information content (AvgIpc) is 3.02. The van der Waals surface area contributed by atoms with Gasteiger partial charge >= 0.3 is 5.69 Å². The fraction of sp³-hybridized carbons (Fsp3) is 0.250. The van der Waals surface area contributed by atoms with Crippen LogP contribution in [0.5, 0.6) is 11.5 Å². The Hall–Kier alpha value is -2.54. The summed E-state index contributed by atoms with van der Waals surface area (Å²) in [5.41, 5.74) is 1.55. The highest BCUT2D eigenvalue weighted by Gasteiger charge is 2.20. The zero-order chi connectivity index (χ0) is 13.8. The quantitative estimate of drug-likeness (QED) is 0.764. The third-order valence-corrected chi connectivity index (χ3v) is 3.48. The van der Waals surface area contributed by atoms with Crippen LogP contribution in [0.25, 0.3) is 4.98 Å². The standard InChI is InChI=1S/C16H16N3O/c17-18-13-8-9-15(19-10-4-5-11-19)16(12-13)20-14-6-2-1-3-7-14/h1-3,6-9,12H,4-5,10-11H2/q+1. The van der Waals surface area contributed by atoms with Gasteiger partial charge in [0.25, 0.3) is 0 Å². The third kappa shape index (κ3) is 2.57. The number of rotatable bonds is 3. The molecule has 0 amide bonds. The maximum absolute atomic E-state index is 8.94. The van der Waals surface area contributed by atoms with E-state index in [9.17, 15) is 0 Å². The van der Waals surface area contributed by atoms with Crippen molar-refractivity contribution >= 4 is 11.4 Å². The van der Waals surface area contributed by atoms with Gasteiger partial charge in [0.15, 0.2) is 10.7 Å². The van der Waals surface area contributed by atoms with E-state index in [1.807, 2.05) is 36.4 Å². The van der Waals surface area contributed by atoms with E-state index in [1.54, 1.807) is 12.1 Å². The van der Waals surface area contributed by atoms with E-state index in [0.29, 0.717) is 5.69 Å². The van der Waals surface area contributed by atoms with E-state index in [2.05, 4.69) is 9.88 Å². The number of nitrogens with zero attached hydrogens (tertiary/aromatic N) is 3. The summed E-state index contributed by atoms with van der Waals surface area (Å²) in [5, 5.41) is 8.94. The van der Waals surface area contributed by atoms with Gasteiger partial charge in [-0.25, -0.2) is 0 Å². The van der Waals surface area contributed by atoms with Crippen LogP contribution in [-0.4, -0.2) is 13.1 Å². The van der Waals surface area contributed by atoms with Crippen molar-refractivity contribution in [3.8, 4) is 11.5 Å². The second-order valence-electron chi connectivity index (χ2n) is 4.86. The van der Waals surface area contributed by atoms with Crippen molar-refractivity contribution in [3.63, 3.8) is 0 Å². The number of para-hydroxylation sites is 1. The molecule has 0 N–H and O–H groups in total. The topological polar surface area (TPSA) is 40.6 Å². The molecule has 0 spiro atoms. The van der Waals surface area contributed by atoms with Crippen LogP contribution in [0.3, 0.4) is 0 Å². The lowest BCUT2D eigenvalue weighted by molar-refractivity contribution is 0.482. The van der Waals surface area contributed by atoms with Gasteiger partial charge in [-0.05, 0) is 31.0 Å². The second kappa shape index (κ2) is 5.62. The number of hydrogen-bond donors (Lipinski definition) is 0. The monoisotopic (exact) mass is 266 g/mol. The van der Waals surface area contributed by atoms with Gasteiger partial charge in [-0.2, -0.15) is 0 Å². The zero-order valence-electron chi connectivity index (χ0n) is 11.2. The van der Waals surface area contributed by atoms with Gasteiger partial charge < -0.3 is 9.64 Å². The number of anilines is 1. The normalized spacial score (nSPS) is 14.1. The van der Waals surface area contributed by atoms with Gasteiger partial charge in [0.05, 0.1) is 11.8 Å². The third-order valence-electron chi connectivity index (χ3n) is 3.48. The molecule has 100 valence electrons. The molecule has 1 aliphatic rings. The Kier molecular flexibility index (Phi) is 3.51. The zero-order valence-corrected chi connectivity index (χ0v) is 11.2. The molecule has 0 atom stereocenters. The fourth-order valence-electron chi connectivity index (χ4n) is 2.48. The summed E-state index contributed by atoms with van der Waals surface area (Å²) in [6.07, 6.45) is 2.41. The highest BCUT2D eigenvalue weighted by Crippen LogP contribution is 2.37. The lowest BCUT2D eigenvalue weighted by Gasteiger charge is -2.20. The lowest BCUT2D eigenvalue weighted by Crippen LogP contribution is -2.18. The first-order valence-electron chi connectivity index (χ1n) is 6.84. The smallest absolute Gasteiger partial charge is 0.388 e. The molecule has 0 bridgehead atoms. The van der Waals surface area contributed by atoms with Gasteiger partial charge in [-0.15, -0.1) is 0 Å². The van der Waals surface area contributed by atoms with E-state index in [4.69, 9.17) is 10.1 Å². The molecule has 4 nitrogen and oxygen atoms in total. The Bertz CT molecular complexity index is 628. The largest absolute Gasteiger partial charge is 0.455 e. The van der Waals surface area contributed by atoms with Crippen molar-refractivity contribution < 1.29 is 4.74 Å². The molecule has 0 aliphatic carbocycles. The Morgan fingerprint density at radius 2 is 1.75 bits per heavy atom. The molecule has 1 heterocycles. The van der Waals surface area contributed by atoms with Gasteiger partial charge in [-0.3, -0.25) is 0 Å². The fourth-order valence-corrected chi connectivity index (χ4v) is 2.48. The molecule has 1 aliphatic heterocycles. The maximum atomic E-state index is 8.94. The highest BCUT2D eigenvalue weighted by atomic mass is 16.5. The molecule has 3 rings (SSSR count). The summed E-state index contributed by atoms with van der Waals surface area (Å²) >= 11 is 0. The Morgan fingerprint density at radius 3 is 2.45 bits per heavy atom. The maximum Gasteiger partial charge on any atom is 0.388 e. The average molecular weight is 266 g/mol. The van der Waals surface area contributed by atoms with Crippen LogP contribution in [0.15, 0.2) is 48.5 Å². The van der Waals surface area contributed by atoms with Crippen LogP contribution in [0.4, 0.5) is 11.4 Å². The molecule has 20 heavy (non-hydrogen) atoms. The van der Waals surface area contributed by atoms with E-state index < -0.39 is 0 Å². The van der Waals surface area contributed by atoms with Crippen LogP contribution >= 0.6 is 0 Å². The Morgan fingerprint density at radius 1 is 1.00 bits per heavy atom. The van der Waals surface area contributed by atoms with Crippen molar-refractivity contribution in [1.29, 1.82) is 5.39 Å². The predicted octanol–water partition coefficient (Wildman–Crippen LogP) is 4.56. The molecule has 1 saturated heterocycles. The summed E-state index contributed by atoms with van der Waals surface area (Å²) in [4.78, 5) is 5.55. The first-order chi connectivity index (χ1) is 9.86. The minimum absolute atomic E-state index is 0.499. The van der Waals surface area contributed by atoms with Gasteiger partial charge in [0, 0.05) is 19.2 Å². The molecular weight excluding hydrogens is 250 g/mol. The van der Waals surface area contributed by atoms with Crippen molar-refractivity contribution in [2.45, 2.75) is 12.8 Å². The van der Waals surface area contributed by atoms with Gasteiger partial charge in [-0.1, -0.05) is 18.2 Å². The first kappa shape index (κ1) is 12.5. The lowest BCUT2D eigenvalue weighted by atomic mass is 10.2. The summed E-state index contributed by atoms with van der Waals surface area (Å²) in [7, 11) is 0. The summed E-state index contributed by atoms with van der Waals surface area (Å²) in [5.74, 6) is 1.51. The van der Waals surface area contributed by atoms with E-state index >= 15 is 0 Å². The molecule has 0 saturated carbocycles. The van der Waals surface area contributed by atoms with Crippen molar-refractivity contribution in [2.24, 2.45) is 0 Å². The summed E-state index contributed by atoms with van der Waals surface area (Å²) in [6.45, 7) is 2.08. The minimum Gasteiger partial charge on any atom is -0.455 e. The predicted molar refractivity (Wildman–Crippen MR) is 79.1 cm³/mol. The Labute approximate surface area is 118 Å². The second-order valence-corrected chi connectivity index (χ2v) is 4.86. The molecule has 0 radical (unpaired) electrons. The van der Waals surface area contributed by atoms with Gasteiger partial charge in [0.2, 0.25) is 5.39 Å². The Balaban J connectivity index is 1.95. The van der Waals surface area contributed by atoms with Crippen molar-refractivity contribution in [2.75, 3.05) is 18.0 Å². The molecule has 2 aromatic carbocycles. The molecular formula is C16H16N3O+. The molecule has 2 aromatic rings. The van der Waals surface area contributed by atoms with E-state index in [1.165, 1.54) is 12.8 Å². The first-order valence-corrected chi connectivity index (χ1v) is 6.84. The molecule has 0 aromatic heterocycles. The van der Waals surface area contributed by atoms with Crippen LogP contribution < -0.4 is 9.64 Å². The van der Waals surface area contributed by atoms with E-state index in [0.717, 1.165) is 30.3 Å². The van der Waals surface area contributed by atoms with Crippen LogP contribution in [0.2, 0.25) is 0 Å². The summed E-state index contributed by atoms with van der Waals surface area (Å²) in [6, 6.07) is 15.2.